The molecule has 0 saturated heterocycles. The molecule has 5 nitrogen and oxygen atoms in total. The van der Waals surface area contributed by atoms with Gasteiger partial charge in [-0.1, -0.05) is 66.7 Å². The lowest BCUT2D eigenvalue weighted by molar-refractivity contribution is 0.409. The molecule has 0 fully saturated rings. The van der Waals surface area contributed by atoms with Gasteiger partial charge in [0.25, 0.3) is 0 Å². The molecule has 6 heteroatoms. The van der Waals surface area contributed by atoms with Crippen LogP contribution in [0.1, 0.15) is 16.8 Å². The Morgan fingerprint density at radius 3 is 2.35 bits per heavy atom. The molecule has 158 valence electrons. The summed E-state index contributed by atoms with van der Waals surface area (Å²) in [4.78, 5) is 1.57. The van der Waals surface area contributed by atoms with Gasteiger partial charge in [0.1, 0.15) is 23.0 Å². The summed E-state index contributed by atoms with van der Waals surface area (Å²) in [5, 5.41) is 12.8. The Bertz CT molecular complexity index is 1130. The average molecular weight is 417 g/mol. The molecule has 1 aromatic heterocycles. The van der Waals surface area contributed by atoms with Gasteiger partial charge in [-0.25, -0.2) is 4.39 Å². The fraction of sp³-hybridized carbons (Fsp3) is 0.200. The molecule has 3 aromatic carbocycles. The number of para-hydroxylation sites is 1. The Hall–Kier alpha value is -3.51. The normalized spacial score (nSPS) is 10.9. The van der Waals surface area contributed by atoms with Crippen molar-refractivity contribution >= 4 is 0 Å². The number of ether oxygens (including phenoxy) is 1. The van der Waals surface area contributed by atoms with Gasteiger partial charge < -0.3 is 10.1 Å². The SMILES string of the molecule is COc1ccccc1CCNCc1nn(Cc2ccccc2F)nc1-c1ccccc1. The first-order valence-electron chi connectivity index (χ1n) is 10.3. The van der Waals surface area contributed by atoms with Crippen LogP contribution < -0.4 is 10.1 Å². The number of nitrogens with one attached hydrogen (secondary N) is 1. The number of hydrogen-bond acceptors (Lipinski definition) is 4. The van der Waals surface area contributed by atoms with Gasteiger partial charge in [-0.2, -0.15) is 15.0 Å². The zero-order valence-corrected chi connectivity index (χ0v) is 17.5. The molecule has 4 rings (SSSR count). The van der Waals surface area contributed by atoms with E-state index in [1.807, 2.05) is 54.6 Å². The average Bonchev–Trinajstić information content (AvgIpc) is 3.21. The zero-order valence-electron chi connectivity index (χ0n) is 17.5. The second kappa shape index (κ2) is 10.00. The third-order valence-electron chi connectivity index (χ3n) is 5.10. The van der Waals surface area contributed by atoms with E-state index in [0.29, 0.717) is 12.1 Å². The van der Waals surface area contributed by atoms with Crippen molar-refractivity contribution in [2.24, 2.45) is 0 Å². The molecule has 0 aliphatic rings. The molecule has 0 spiro atoms. The minimum atomic E-state index is -0.252. The van der Waals surface area contributed by atoms with E-state index in [9.17, 15) is 4.39 Å². The van der Waals surface area contributed by atoms with Crippen molar-refractivity contribution in [3.63, 3.8) is 0 Å². The third kappa shape index (κ3) is 5.16. The molecule has 0 aliphatic heterocycles. The first-order chi connectivity index (χ1) is 15.2. The summed E-state index contributed by atoms with van der Waals surface area (Å²) in [5.74, 6) is 0.641. The minimum Gasteiger partial charge on any atom is -0.496 e. The highest BCUT2D eigenvalue weighted by molar-refractivity contribution is 5.60. The fourth-order valence-corrected chi connectivity index (χ4v) is 3.51. The minimum absolute atomic E-state index is 0.252. The van der Waals surface area contributed by atoms with E-state index in [-0.39, 0.29) is 12.4 Å². The predicted octanol–water partition coefficient (Wildman–Crippen LogP) is 4.47. The lowest BCUT2D eigenvalue weighted by Crippen LogP contribution is -2.18. The maximum atomic E-state index is 14.1. The Morgan fingerprint density at radius 1 is 0.871 bits per heavy atom. The van der Waals surface area contributed by atoms with Crippen molar-refractivity contribution in [2.45, 2.75) is 19.5 Å². The van der Waals surface area contributed by atoms with E-state index in [1.54, 1.807) is 24.0 Å². The van der Waals surface area contributed by atoms with Gasteiger partial charge in [0.15, 0.2) is 0 Å². The zero-order chi connectivity index (χ0) is 21.5. The van der Waals surface area contributed by atoms with Crippen molar-refractivity contribution in [1.82, 2.24) is 20.3 Å². The number of rotatable bonds is 9. The number of benzene rings is 3. The number of methoxy groups -OCH3 is 1. The smallest absolute Gasteiger partial charge is 0.128 e. The summed E-state index contributed by atoms with van der Waals surface area (Å²) in [6, 6.07) is 24.7. The highest BCUT2D eigenvalue weighted by Crippen LogP contribution is 2.21. The molecule has 0 atom stereocenters. The summed E-state index contributed by atoms with van der Waals surface area (Å²) < 4.78 is 19.5. The lowest BCUT2D eigenvalue weighted by Gasteiger charge is -2.08. The standard InChI is InChI=1S/C25H25FN4O/c1-31-24-14-8-6-9-19(24)15-16-27-17-23-25(20-10-3-2-4-11-20)29-30(28-23)18-21-12-5-7-13-22(21)26/h2-14,27H,15-18H2,1H3. The molecular weight excluding hydrogens is 391 g/mol. The Balaban J connectivity index is 1.49. The number of aromatic nitrogens is 3. The third-order valence-corrected chi connectivity index (χ3v) is 5.10. The van der Waals surface area contributed by atoms with Crippen LogP contribution >= 0.6 is 0 Å². The van der Waals surface area contributed by atoms with Gasteiger partial charge in [0.2, 0.25) is 0 Å². The topological polar surface area (TPSA) is 52.0 Å². The molecular formula is C25H25FN4O. The van der Waals surface area contributed by atoms with Gasteiger partial charge in [-0.3, -0.25) is 0 Å². The molecule has 0 aliphatic carbocycles. The molecule has 0 bridgehead atoms. The first kappa shape index (κ1) is 20.8. The second-order valence-corrected chi connectivity index (χ2v) is 7.22. The van der Waals surface area contributed by atoms with Crippen LogP contribution in [0.3, 0.4) is 0 Å². The van der Waals surface area contributed by atoms with Crippen molar-refractivity contribution < 1.29 is 9.13 Å². The van der Waals surface area contributed by atoms with E-state index in [0.717, 1.165) is 41.2 Å². The van der Waals surface area contributed by atoms with Crippen LogP contribution in [0.2, 0.25) is 0 Å². The van der Waals surface area contributed by atoms with Crippen LogP contribution in [-0.4, -0.2) is 28.6 Å². The van der Waals surface area contributed by atoms with Crippen molar-refractivity contribution in [3.8, 4) is 17.0 Å². The van der Waals surface area contributed by atoms with Crippen molar-refractivity contribution in [3.05, 3.63) is 102 Å². The van der Waals surface area contributed by atoms with Crippen LogP contribution in [0, 0.1) is 5.82 Å². The van der Waals surface area contributed by atoms with Gasteiger partial charge in [0, 0.05) is 17.7 Å². The van der Waals surface area contributed by atoms with Crippen molar-refractivity contribution in [1.29, 1.82) is 0 Å². The fourth-order valence-electron chi connectivity index (χ4n) is 3.51. The predicted molar refractivity (Wildman–Crippen MR) is 119 cm³/mol. The number of nitrogens with zero attached hydrogens (tertiary/aromatic N) is 3. The first-order valence-corrected chi connectivity index (χ1v) is 10.3. The van der Waals surface area contributed by atoms with Crippen LogP contribution in [0.4, 0.5) is 4.39 Å². The van der Waals surface area contributed by atoms with E-state index in [2.05, 4.69) is 21.6 Å². The molecule has 0 saturated carbocycles. The lowest BCUT2D eigenvalue weighted by atomic mass is 10.1. The van der Waals surface area contributed by atoms with E-state index >= 15 is 0 Å². The van der Waals surface area contributed by atoms with Gasteiger partial charge in [-0.15, -0.1) is 0 Å². The second-order valence-electron chi connectivity index (χ2n) is 7.22. The monoisotopic (exact) mass is 416 g/mol. The maximum absolute atomic E-state index is 14.1. The Labute approximate surface area is 181 Å². The maximum Gasteiger partial charge on any atom is 0.128 e. The molecule has 0 amide bonds. The van der Waals surface area contributed by atoms with E-state index in [1.165, 1.54) is 6.07 Å². The highest BCUT2D eigenvalue weighted by atomic mass is 19.1. The van der Waals surface area contributed by atoms with Crippen LogP contribution in [0.5, 0.6) is 5.75 Å². The molecule has 4 aromatic rings. The summed E-state index contributed by atoms with van der Waals surface area (Å²) in [7, 11) is 1.69. The summed E-state index contributed by atoms with van der Waals surface area (Å²) >= 11 is 0. The summed E-state index contributed by atoms with van der Waals surface area (Å²) in [6.07, 6.45) is 0.841. The molecule has 0 unspecified atom stereocenters. The van der Waals surface area contributed by atoms with Crippen molar-refractivity contribution in [2.75, 3.05) is 13.7 Å². The van der Waals surface area contributed by atoms with Crippen LogP contribution in [-0.2, 0) is 19.5 Å². The largest absolute Gasteiger partial charge is 0.496 e. The summed E-state index contributed by atoms with van der Waals surface area (Å²) in [5.41, 5.74) is 4.35. The van der Waals surface area contributed by atoms with Gasteiger partial charge in [-0.05, 0) is 30.7 Å². The molecule has 1 heterocycles. The Morgan fingerprint density at radius 2 is 1.58 bits per heavy atom. The molecule has 0 radical (unpaired) electrons. The van der Waals surface area contributed by atoms with Gasteiger partial charge >= 0.3 is 0 Å². The quantitative estimate of drug-likeness (QED) is 0.409. The van der Waals surface area contributed by atoms with E-state index in [4.69, 9.17) is 4.74 Å². The molecule has 1 N–H and O–H groups in total. The Kier molecular flexibility index (Phi) is 6.69. The number of halogens is 1. The van der Waals surface area contributed by atoms with E-state index < -0.39 is 0 Å². The highest BCUT2D eigenvalue weighted by Gasteiger charge is 2.14. The van der Waals surface area contributed by atoms with Crippen LogP contribution in [0.15, 0.2) is 78.9 Å². The molecule has 31 heavy (non-hydrogen) atoms. The van der Waals surface area contributed by atoms with Crippen LogP contribution in [0.25, 0.3) is 11.3 Å². The number of hydrogen-bond donors (Lipinski definition) is 1. The summed E-state index contributed by atoms with van der Waals surface area (Å²) in [6.45, 7) is 1.62. The van der Waals surface area contributed by atoms with Gasteiger partial charge in [0.05, 0.1) is 13.7 Å².